The van der Waals surface area contributed by atoms with Crippen molar-refractivity contribution in [3.63, 3.8) is 0 Å². The van der Waals surface area contributed by atoms with Crippen molar-refractivity contribution in [3.05, 3.63) is 11.5 Å². The van der Waals surface area contributed by atoms with Gasteiger partial charge in [0, 0.05) is 6.54 Å². The largest absolute Gasteiger partial charge is 0.448 e. The number of ether oxygens (including phenoxy) is 1. The van der Waals surface area contributed by atoms with Crippen LogP contribution in [0.5, 0.6) is 0 Å². The maximum Gasteiger partial charge on any atom is 0.410 e. The lowest BCUT2D eigenvalue weighted by Gasteiger charge is -2.33. The van der Waals surface area contributed by atoms with E-state index in [1.807, 2.05) is 0 Å². The van der Waals surface area contributed by atoms with E-state index in [2.05, 4.69) is 9.88 Å². The first-order valence-corrected chi connectivity index (χ1v) is 8.00. The molecule has 2 rings (SSSR count). The minimum Gasteiger partial charge on any atom is -0.448 e. The topological polar surface area (TPSA) is 102 Å². The van der Waals surface area contributed by atoms with E-state index in [4.69, 9.17) is 9.26 Å². The third kappa shape index (κ3) is 3.03. The van der Waals surface area contributed by atoms with E-state index in [1.165, 1.54) is 11.8 Å². The predicted octanol–water partition coefficient (Wildman–Crippen LogP) is 0.801. The predicted molar refractivity (Wildman–Crippen MR) is 73.3 cm³/mol. The maximum atomic E-state index is 12.3. The number of nitrogens with zero attached hydrogens (tertiary/aromatic N) is 2. The van der Waals surface area contributed by atoms with Gasteiger partial charge in [-0.1, -0.05) is 5.16 Å². The van der Waals surface area contributed by atoms with Crippen LogP contribution < -0.4 is 4.72 Å². The number of nitrogens with one attached hydrogen (secondary N) is 1. The summed E-state index contributed by atoms with van der Waals surface area (Å²) < 4.78 is 36.9. The molecule has 0 atom stereocenters. The fourth-order valence-corrected chi connectivity index (χ4v) is 3.77. The Hall–Kier alpha value is -1.61. The molecule has 0 radical (unpaired) electrons. The zero-order valence-electron chi connectivity index (χ0n) is 12.5. The normalized spacial score (nSPS) is 16.4. The van der Waals surface area contributed by atoms with Crippen molar-refractivity contribution in [2.45, 2.75) is 38.1 Å². The fourth-order valence-electron chi connectivity index (χ4n) is 2.24. The first-order valence-electron chi connectivity index (χ1n) is 6.52. The van der Waals surface area contributed by atoms with E-state index in [-0.39, 0.29) is 17.2 Å². The Bertz CT molecular complexity index is 630. The molecule has 1 aromatic rings. The molecule has 0 aromatic carbocycles. The van der Waals surface area contributed by atoms with Crippen molar-refractivity contribution in [1.29, 1.82) is 0 Å². The highest BCUT2D eigenvalue weighted by Gasteiger charge is 2.37. The van der Waals surface area contributed by atoms with Crippen molar-refractivity contribution in [2.24, 2.45) is 0 Å². The minimum atomic E-state index is -3.74. The van der Waals surface area contributed by atoms with Gasteiger partial charge in [-0.05, 0) is 27.7 Å². The summed E-state index contributed by atoms with van der Waals surface area (Å²) in [5.41, 5.74) is -0.391. The van der Waals surface area contributed by atoms with Crippen LogP contribution in [-0.4, -0.2) is 49.8 Å². The van der Waals surface area contributed by atoms with E-state index in [0.717, 1.165) is 0 Å². The molecule has 1 amide bonds. The van der Waals surface area contributed by atoms with E-state index >= 15 is 0 Å². The van der Waals surface area contributed by atoms with Crippen molar-refractivity contribution in [2.75, 3.05) is 19.7 Å². The zero-order valence-corrected chi connectivity index (χ0v) is 13.3. The van der Waals surface area contributed by atoms with Gasteiger partial charge in [-0.15, -0.1) is 0 Å². The summed E-state index contributed by atoms with van der Waals surface area (Å²) in [6.45, 7) is 7.47. The van der Waals surface area contributed by atoms with Crippen LogP contribution >= 0.6 is 0 Å². The van der Waals surface area contributed by atoms with Crippen LogP contribution in [0.4, 0.5) is 4.79 Å². The summed E-state index contributed by atoms with van der Waals surface area (Å²) in [5.74, 6) is 0.235. The highest BCUT2D eigenvalue weighted by atomic mass is 32.2. The number of carbonyl (C=O) groups is 1. The first kappa shape index (κ1) is 15.8. The Morgan fingerprint density at radius 3 is 2.52 bits per heavy atom. The molecule has 1 aromatic heterocycles. The van der Waals surface area contributed by atoms with Crippen LogP contribution in [0.25, 0.3) is 0 Å². The molecule has 1 N–H and O–H groups in total. The number of cyclic esters (lactones) is 1. The number of aromatic nitrogens is 1. The van der Waals surface area contributed by atoms with Gasteiger partial charge in [0.25, 0.3) is 0 Å². The zero-order chi connectivity index (χ0) is 15.8. The summed E-state index contributed by atoms with van der Waals surface area (Å²) in [6.07, 6.45) is -0.434. The molecule has 0 unspecified atom stereocenters. The van der Waals surface area contributed by atoms with Gasteiger partial charge in [0.1, 0.15) is 17.2 Å². The smallest absolute Gasteiger partial charge is 0.410 e. The SMILES string of the molecule is Cc1noc(C)c1S(=O)(=O)NCC(C)(C)N1CCOC1=O. The van der Waals surface area contributed by atoms with Crippen molar-refractivity contribution in [1.82, 2.24) is 14.8 Å². The van der Waals surface area contributed by atoms with Gasteiger partial charge in [0.2, 0.25) is 10.0 Å². The Kier molecular flexibility index (Phi) is 3.98. The van der Waals surface area contributed by atoms with Crippen LogP contribution in [0, 0.1) is 13.8 Å². The van der Waals surface area contributed by atoms with Gasteiger partial charge in [0.05, 0.1) is 12.1 Å². The second-order valence-electron chi connectivity index (χ2n) is 5.56. The van der Waals surface area contributed by atoms with E-state index in [9.17, 15) is 13.2 Å². The minimum absolute atomic E-state index is 0.0438. The van der Waals surface area contributed by atoms with Crippen LogP contribution in [-0.2, 0) is 14.8 Å². The number of amides is 1. The van der Waals surface area contributed by atoms with E-state index < -0.39 is 21.7 Å². The third-order valence-corrected chi connectivity index (χ3v) is 5.07. The summed E-state index contributed by atoms with van der Waals surface area (Å²) in [4.78, 5) is 13.1. The van der Waals surface area contributed by atoms with Gasteiger partial charge in [-0.25, -0.2) is 17.9 Å². The van der Waals surface area contributed by atoms with Gasteiger partial charge in [-0.3, -0.25) is 4.90 Å². The molecular formula is C12H19N3O5S. The van der Waals surface area contributed by atoms with E-state index in [0.29, 0.717) is 18.8 Å². The second-order valence-corrected chi connectivity index (χ2v) is 7.26. The Balaban J connectivity index is 2.13. The number of carbonyl (C=O) groups excluding carboxylic acids is 1. The molecule has 0 saturated carbocycles. The summed E-state index contributed by atoms with van der Waals surface area (Å²) >= 11 is 0. The van der Waals surface area contributed by atoms with E-state index in [1.54, 1.807) is 20.8 Å². The number of sulfonamides is 1. The molecule has 0 aliphatic carbocycles. The molecule has 21 heavy (non-hydrogen) atoms. The third-order valence-electron chi connectivity index (χ3n) is 3.42. The Morgan fingerprint density at radius 2 is 2.05 bits per heavy atom. The highest BCUT2D eigenvalue weighted by Crippen LogP contribution is 2.22. The molecule has 118 valence electrons. The van der Waals surface area contributed by atoms with Crippen LogP contribution in [0.15, 0.2) is 9.42 Å². The molecule has 1 saturated heterocycles. The quantitative estimate of drug-likeness (QED) is 0.862. The lowest BCUT2D eigenvalue weighted by molar-refractivity contribution is 0.127. The number of aryl methyl sites for hydroxylation is 2. The molecule has 0 bridgehead atoms. The number of hydrogen-bond acceptors (Lipinski definition) is 6. The highest BCUT2D eigenvalue weighted by molar-refractivity contribution is 7.89. The standard InChI is InChI=1S/C12H19N3O5S/c1-8-10(9(2)20-14-8)21(17,18)13-7-12(3,4)15-5-6-19-11(15)16/h13H,5-7H2,1-4H3. The fraction of sp³-hybridized carbons (Fsp3) is 0.667. The average Bonchev–Trinajstić information content (AvgIpc) is 2.94. The Morgan fingerprint density at radius 1 is 1.38 bits per heavy atom. The summed E-state index contributed by atoms with van der Waals surface area (Å²) in [6, 6.07) is 0. The number of hydrogen-bond donors (Lipinski definition) is 1. The lowest BCUT2D eigenvalue weighted by Crippen LogP contribution is -2.52. The average molecular weight is 317 g/mol. The first-order chi connectivity index (χ1) is 9.65. The van der Waals surface area contributed by atoms with Crippen molar-refractivity contribution < 1.29 is 22.5 Å². The molecule has 8 nitrogen and oxygen atoms in total. The van der Waals surface area contributed by atoms with Gasteiger partial charge >= 0.3 is 6.09 Å². The van der Waals surface area contributed by atoms with Gasteiger partial charge in [0.15, 0.2) is 5.76 Å². The molecule has 2 heterocycles. The molecule has 1 fully saturated rings. The van der Waals surface area contributed by atoms with Crippen LogP contribution in [0.2, 0.25) is 0 Å². The van der Waals surface area contributed by atoms with Crippen LogP contribution in [0.1, 0.15) is 25.3 Å². The van der Waals surface area contributed by atoms with Gasteiger partial charge < -0.3 is 9.26 Å². The number of rotatable bonds is 5. The van der Waals surface area contributed by atoms with Gasteiger partial charge in [-0.2, -0.15) is 0 Å². The molecule has 1 aliphatic heterocycles. The van der Waals surface area contributed by atoms with Crippen LogP contribution in [0.3, 0.4) is 0 Å². The Labute approximate surface area is 123 Å². The summed E-state index contributed by atoms with van der Waals surface area (Å²) in [7, 11) is -3.74. The molecule has 9 heteroatoms. The summed E-state index contributed by atoms with van der Waals surface area (Å²) in [5, 5.41) is 3.64. The molecule has 1 aliphatic rings. The maximum absolute atomic E-state index is 12.3. The molecule has 0 spiro atoms. The van der Waals surface area contributed by atoms with Crippen molar-refractivity contribution in [3.8, 4) is 0 Å². The monoisotopic (exact) mass is 317 g/mol. The second kappa shape index (κ2) is 5.30. The lowest BCUT2D eigenvalue weighted by atomic mass is 10.0. The van der Waals surface area contributed by atoms with Crippen molar-refractivity contribution >= 4 is 16.1 Å². The molecular weight excluding hydrogens is 298 g/mol.